The lowest BCUT2D eigenvalue weighted by atomic mass is 10.1. The maximum absolute atomic E-state index is 6.10. The number of fused-ring (bicyclic) bond motifs is 4. The van der Waals surface area contributed by atoms with E-state index in [-0.39, 0.29) is 0 Å². The van der Waals surface area contributed by atoms with Crippen LogP contribution in [-0.4, -0.2) is 13.2 Å². The van der Waals surface area contributed by atoms with E-state index in [1.165, 1.54) is 11.1 Å². The van der Waals surface area contributed by atoms with Crippen molar-refractivity contribution in [2.45, 2.75) is 12.8 Å². The first-order valence-electron chi connectivity index (χ1n) is 11.1. The van der Waals surface area contributed by atoms with Crippen LogP contribution in [0.15, 0.2) is 82.6 Å². The highest BCUT2D eigenvalue weighted by Crippen LogP contribution is 2.29. The number of hydrogen-bond acceptors (Lipinski definition) is 6. The summed E-state index contributed by atoms with van der Waals surface area (Å²) in [6.07, 6.45) is 8.95. The Bertz CT molecular complexity index is 1190. The second-order valence-electron chi connectivity index (χ2n) is 7.64. The summed E-state index contributed by atoms with van der Waals surface area (Å²) in [6.45, 7) is 1.13. The fraction of sp³-hybridized carbons (Fsp3) is 0.143. The maximum atomic E-state index is 6.10. The molecule has 6 heteroatoms. The second-order valence-corrected chi connectivity index (χ2v) is 9.12. The largest absolute Gasteiger partial charge is 0.489 e. The van der Waals surface area contributed by atoms with Gasteiger partial charge >= 0.3 is 0 Å². The average molecular weight is 489 g/mol. The highest BCUT2D eigenvalue weighted by atomic mass is 32.1. The SMILES string of the molecule is C1=C\c2cscc2CCOc2ccccc2OCCc2cscc2/C=C\Oc2ccccc2O/1. The van der Waals surface area contributed by atoms with Gasteiger partial charge in [-0.2, -0.15) is 22.7 Å². The fourth-order valence-electron chi connectivity index (χ4n) is 3.60. The van der Waals surface area contributed by atoms with Crippen LogP contribution < -0.4 is 18.9 Å². The van der Waals surface area contributed by atoms with Crippen molar-refractivity contribution in [1.29, 1.82) is 0 Å². The molecule has 0 fully saturated rings. The summed E-state index contributed by atoms with van der Waals surface area (Å²) in [6, 6.07) is 15.5. The Kier molecular flexibility index (Phi) is 7.28. The molecule has 2 aromatic carbocycles. The van der Waals surface area contributed by atoms with Gasteiger partial charge in [-0.15, -0.1) is 0 Å². The van der Waals surface area contributed by atoms with Crippen LogP contribution in [0.2, 0.25) is 0 Å². The van der Waals surface area contributed by atoms with Crippen LogP contribution in [0.5, 0.6) is 23.0 Å². The molecule has 172 valence electrons. The molecule has 5 rings (SSSR count). The third kappa shape index (κ3) is 5.53. The van der Waals surface area contributed by atoms with E-state index in [0.717, 1.165) is 35.5 Å². The third-order valence-corrected chi connectivity index (χ3v) is 7.01. The molecule has 0 unspecified atom stereocenters. The van der Waals surface area contributed by atoms with Gasteiger partial charge in [0.05, 0.1) is 25.7 Å². The summed E-state index contributed by atoms with van der Waals surface area (Å²) < 4.78 is 24.0. The van der Waals surface area contributed by atoms with E-state index < -0.39 is 0 Å². The number of para-hydroxylation sites is 4. The topological polar surface area (TPSA) is 36.9 Å². The molecule has 1 aliphatic rings. The molecule has 0 N–H and O–H groups in total. The van der Waals surface area contributed by atoms with Gasteiger partial charge in [0, 0.05) is 12.8 Å². The summed E-state index contributed by atoms with van der Waals surface area (Å²) in [5.74, 6) is 2.85. The molecule has 1 aliphatic heterocycles. The Morgan fingerprint density at radius 3 is 1.44 bits per heavy atom. The van der Waals surface area contributed by atoms with Gasteiger partial charge in [-0.3, -0.25) is 0 Å². The van der Waals surface area contributed by atoms with E-state index >= 15 is 0 Å². The van der Waals surface area contributed by atoms with Crippen molar-refractivity contribution in [1.82, 2.24) is 0 Å². The average Bonchev–Trinajstić information content (AvgIpc) is 3.50. The predicted octanol–water partition coefficient (Wildman–Crippen LogP) is 7.47. The van der Waals surface area contributed by atoms with Crippen molar-refractivity contribution in [2.75, 3.05) is 13.2 Å². The lowest BCUT2D eigenvalue weighted by Gasteiger charge is -2.13. The molecule has 0 radical (unpaired) electrons. The molecule has 2 aromatic heterocycles. The monoisotopic (exact) mass is 488 g/mol. The Morgan fingerprint density at radius 1 is 0.529 bits per heavy atom. The Balaban J connectivity index is 1.41. The summed E-state index contributed by atoms with van der Waals surface area (Å²) in [5, 5.41) is 8.53. The number of ether oxygens (including phenoxy) is 4. The van der Waals surface area contributed by atoms with Gasteiger partial charge in [-0.1, -0.05) is 24.3 Å². The van der Waals surface area contributed by atoms with Crippen molar-refractivity contribution in [3.63, 3.8) is 0 Å². The third-order valence-electron chi connectivity index (χ3n) is 5.39. The quantitative estimate of drug-likeness (QED) is 0.257. The molecule has 0 saturated heterocycles. The molecule has 0 amide bonds. The van der Waals surface area contributed by atoms with Crippen LogP contribution >= 0.6 is 22.7 Å². The van der Waals surface area contributed by atoms with Crippen LogP contribution in [0.3, 0.4) is 0 Å². The zero-order valence-electron chi connectivity index (χ0n) is 18.5. The first-order chi connectivity index (χ1) is 16.9. The van der Waals surface area contributed by atoms with E-state index in [1.807, 2.05) is 60.7 Å². The van der Waals surface area contributed by atoms with Crippen molar-refractivity contribution in [2.24, 2.45) is 0 Å². The van der Waals surface area contributed by atoms with E-state index in [2.05, 4.69) is 21.5 Å². The van der Waals surface area contributed by atoms with Gasteiger partial charge in [-0.05, 0) is 80.2 Å². The summed E-state index contributed by atoms with van der Waals surface area (Å²) >= 11 is 3.34. The minimum Gasteiger partial charge on any atom is -0.489 e. The number of hydrogen-bond donors (Lipinski definition) is 0. The molecule has 0 atom stereocenters. The van der Waals surface area contributed by atoms with Gasteiger partial charge in [0.25, 0.3) is 0 Å². The summed E-state index contributed by atoms with van der Waals surface area (Å²) in [5.41, 5.74) is 4.68. The normalized spacial score (nSPS) is 16.0. The standard InChI is InChI=1S/C28H24O4S2/c1-2-6-26-25(5-1)29-13-9-21-17-33-19-23(21)11-15-31-27-7-3-4-8-28(27)32-16-12-24-20-34-18-22(24)10-14-30-26/h1-10,13-14,17-20H,11-12,15-16H2/b13-9-,14-10-. The minimum atomic E-state index is 0.564. The molecule has 4 nitrogen and oxygen atoms in total. The van der Waals surface area contributed by atoms with Gasteiger partial charge in [0.2, 0.25) is 0 Å². The zero-order valence-corrected chi connectivity index (χ0v) is 20.1. The lowest BCUT2D eigenvalue weighted by Crippen LogP contribution is -2.06. The van der Waals surface area contributed by atoms with Crippen molar-refractivity contribution in [3.05, 3.63) is 105 Å². The van der Waals surface area contributed by atoms with Crippen LogP contribution in [0.25, 0.3) is 12.2 Å². The summed E-state index contributed by atoms with van der Waals surface area (Å²) in [7, 11) is 0. The molecular weight excluding hydrogens is 464 g/mol. The molecular formula is C28H24O4S2. The van der Waals surface area contributed by atoms with Gasteiger partial charge in [0.15, 0.2) is 23.0 Å². The molecule has 3 heterocycles. The van der Waals surface area contributed by atoms with Crippen molar-refractivity contribution < 1.29 is 18.9 Å². The van der Waals surface area contributed by atoms with Crippen LogP contribution in [0, 0.1) is 0 Å². The molecule has 0 spiro atoms. The molecule has 0 bridgehead atoms. The first-order valence-corrected chi connectivity index (χ1v) is 13.0. The predicted molar refractivity (Wildman–Crippen MR) is 139 cm³/mol. The van der Waals surface area contributed by atoms with Crippen LogP contribution in [0.1, 0.15) is 22.3 Å². The second kappa shape index (κ2) is 11.1. The number of benzene rings is 2. The Morgan fingerprint density at radius 2 is 0.971 bits per heavy atom. The molecule has 0 saturated carbocycles. The first kappa shape index (κ1) is 22.3. The number of thiophene rings is 2. The minimum absolute atomic E-state index is 0.564. The maximum Gasteiger partial charge on any atom is 0.168 e. The highest BCUT2D eigenvalue weighted by molar-refractivity contribution is 7.08. The smallest absolute Gasteiger partial charge is 0.168 e. The van der Waals surface area contributed by atoms with Crippen LogP contribution in [-0.2, 0) is 12.8 Å². The summed E-state index contributed by atoms with van der Waals surface area (Å²) in [4.78, 5) is 0. The van der Waals surface area contributed by atoms with E-state index in [1.54, 1.807) is 35.2 Å². The lowest BCUT2D eigenvalue weighted by molar-refractivity contribution is 0.272. The van der Waals surface area contributed by atoms with E-state index in [9.17, 15) is 0 Å². The fourth-order valence-corrected chi connectivity index (χ4v) is 5.33. The number of rotatable bonds is 0. The van der Waals surface area contributed by atoms with Crippen molar-refractivity contribution >= 4 is 34.8 Å². The van der Waals surface area contributed by atoms with Gasteiger partial charge < -0.3 is 18.9 Å². The van der Waals surface area contributed by atoms with Crippen LogP contribution in [0.4, 0.5) is 0 Å². The Labute approximate surface area is 207 Å². The molecule has 4 aromatic rings. The van der Waals surface area contributed by atoms with E-state index in [0.29, 0.717) is 24.7 Å². The van der Waals surface area contributed by atoms with Gasteiger partial charge in [0.1, 0.15) is 0 Å². The van der Waals surface area contributed by atoms with Gasteiger partial charge in [-0.25, -0.2) is 0 Å². The Hall–Kier alpha value is -3.48. The highest BCUT2D eigenvalue weighted by Gasteiger charge is 2.09. The zero-order chi connectivity index (χ0) is 23.0. The molecule has 0 aliphatic carbocycles. The van der Waals surface area contributed by atoms with Crippen molar-refractivity contribution in [3.8, 4) is 23.0 Å². The molecule has 34 heavy (non-hydrogen) atoms. The van der Waals surface area contributed by atoms with E-state index in [4.69, 9.17) is 18.9 Å².